The summed E-state index contributed by atoms with van der Waals surface area (Å²) in [5, 5.41) is 0. The molecule has 0 amide bonds. The number of nitrogen functional groups attached to an aromatic ring is 2. The summed E-state index contributed by atoms with van der Waals surface area (Å²) in [6.45, 7) is 6.21. The zero-order valence-electron chi connectivity index (χ0n) is 9.09. The van der Waals surface area contributed by atoms with Gasteiger partial charge >= 0.3 is 0 Å². The molecule has 1 aromatic rings. The highest BCUT2D eigenvalue weighted by Gasteiger charge is 2.01. The third kappa shape index (κ3) is 2.52. The third-order valence-electron chi connectivity index (χ3n) is 2.31. The minimum atomic E-state index is 0.741. The van der Waals surface area contributed by atoms with Crippen molar-refractivity contribution in [3.05, 3.63) is 34.9 Å². The Labute approximate surface area is 85.6 Å². The number of hydrogen-bond donors (Lipinski definition) is 2. The average Bonchev–Trinajstić information content (AvgIpc) is 2.08. The van der Waals surface area contributed by atoms with Crippen molar-refractivity contribution in [3.63, 3.8) is 0 Å². The topological polar surface area (TPSA) is 52.0 Å². The van der Waals surface area contributed by atoms with Gasteiger partial charge < -0.3 is 11.5 Å². The Bertz CT molecular complexity index is 361. The van der Waals surface area contributed by atoms with Gasteiger partial charge in [0.25, 0.3) is 0 Å². The lowest BCUT2D eigenvalue weighted by Crippen LogP contribution is -1.98. The minimum absolute atomic E-state index is 0.741. The third-order valence-corrected chi connectivity index (χ3v) is 2.31. The lowest BCUT2D eigenvalue weighted by Gasteiger charge is -2.08. The van der Waals surface area contributed by atoms with Crippen LogP contribution in [0, 0.1) is 6.92 Å². The largest absolute Gasteiger partial charge is 0.399 e. The van der Waals surface area contributed by atoms with Gasteiger partial charge in [-0.05, 0) is 50.5 Å². The summed E-state index contributed by atoms with van der Waals surface area (Å²) in [7, 11) is 0. The molecule has 0 saturated carbocycles. The zero-order chi connectivity index (χ0) is 10.7. The molecule has 1 rings (SSSR count). The van der Waals surface area contributed by atoms with Gasteiger partial charge in [0.2, 0.25) is 0 Å². The van der Waals surface area contributed by atoms with E-state index in [4.69, 9.17) is 11.5 Å². The molecule has 0 bridgehead atoms. The number of anilines is 2. The number of nitrogens with two attached hydrogens (primary N) is 2. The summed E-state index contributed by atoms with van der Waals surface area (Å²) in [4.78, 5) is 0. The summed E-state index contributed by atoms with van der Waals surface area (Å²) >= 11 is 0. The fraction of sp³-hybridized carbons (Fsp3) is 0.333. The normalized spacial score (nSPS) is 9.93. The molecule has 14 heavy (non-hydrogen) atoms. The number of rotatable bonds is 2. The van der Waals surface area contributed by atoms with Gasteiger partial charge in [0.1, 0.15) is 0 Å². The fourth-order valence-electron chi connectivity index (χ4n) is 1.35. The first-order chi connectivity index (χ1) is 6.50. The minimum Gasteiger partial charge on any atom is -0.399 e. The van der Waals surface area contributed by atoms with E-state index in [0.717, 1.165) is 23.4 Å². The van der Waals surface area contributed by atoms with Crippen LogP contribution in [-0.4, -0.2) is 0 Å². The van der Waals surface area contributed by atoms with Crippen molar-refractivity contribution in [2.75, 3.05) is 11.5 Å². The number of allylic oxidation sites excluding steroid dienone is 2. The molecule has 0 heterocycles. The number of hydrogen-bond acceptors (Lipinski definition) is 2. The number of benzene rings is 1. The van der Waals surface area contributed by atoms with E-state index in [0.29, 0.717) is 0 Å². The summed E-state index contributed by atoms with van der Waals surface area (Å²) in [6.07, 6.45) is 3.09. The Morgan fingerprint density at radius 3 is 2.50 bits per heavy atom. The van der Waals surface area contributed by atoms with Crippen LogP contribution in [0.4, 0.5) is 11.4 Å². The van der Waals surface area contributed by atoms with Crippen LogP contribution in [0.5, 0.6) is 0 Å². The molecule has 0 fully saturated rings. The van der Waals surface area contributed by atoms with Crippen LogP contribution in [0.3, 0.4) is 0 Å². The van der Waals surface area contributed by atoms with E-state index >= 15 is 0 Å². The van der Waals surface area contributed by atoms with E-state index in [1.165, 1.54) is 11.1 Å². The van der Waals surface area contributed by atoms with E-state index in [1.807, 2.05) is 13.0 Å². The molecular weight excluding hydrogens is 172 g/mol. The van der Waals surface area contributed by atoms with E-state index in [2.05, 4.69) is 19.9 Å². The van der Waals surface area contributed by atoms with Crippen molar-refractivity contribution in [2.24, 2.45) is 0 Å². The molecule has 2 heteroatoms. The van der Waals surface area contributed by atoms with Crippen LogP contribution in [0.15, 0.2) is 23.8 Å². The highest BCUT2D eigenvalue weighted by Crippen LogP contribution is 2.21. The average molecular weight is 190 g/mol. The Kier molecular flexibility index (Phi) is 3.18. The van der Waals surface area contributed by atoms with Gasteiger partial charge in [0.15, 0.2) is 0 Å². The molecule has 0 aromatic heterocycles. The van der Waals surface area contributed by atoms with Crippen LogP contribution in [0.2, 0.25) is 0 Å². The van der Waals surface area contributed by atoms with Gasteiger partial charge in [0, 0.05) is 11.4 Å². The van der Waals surface area contributed by atoms with E-state index in [9.17, 15) is 0 Å². The quantitative estimate of drug-likeness (QED) is 0.556. The maximum Gasteiger partial charge on any atom is 0.0367 e. The van der Waals surface area contributed by atoms with E-state index in [1.54, 1.807) is 6.07 Å². The predicted molar refractivity (Wildman–Crippen MR) is 63.1 cm³/mol. The van der Waals surface area contributed by atoms with Crippen molar-refractivity contribution < 1.29 is 0 Å². The van der Waals surface area contributed by atoms with Crippen LogP contribution >= 0.6 is 0 Å². The lowest BCUT2D eigenvalue weighted by molar-refractivity contribution is 1.18. The highest BCUT2D eigenvalue weighted by atomic mass is 14.6. The molecule has 4 N–H and O–H groups in total. The smallest absolute Gasteiger partial charge is 0.0367 e. The Balaban J connectivity index is 3.02. The summed E-state index contributed by atoms with van der Waals surface area (Å²) in [5.41, 5.74) is 16.7. The summed E-state index contributed by atoms with van der Waals surface area (Å²) in [5.74, 6) is 0. The first-order valence-electron chi connectivity index (χ1n) is 4.78. The van der Waals surface area contributed by atoms with Crippen LogP contribution in [0.1, 0.15) is 25.0 Å². The molecule has 76 valence electrons. The Morgan fingerprint density at radius 2 is 1.93 bits per heavy atom. The second-order valence-electron chi connectivity index (χ2n) is 3.88. The predicted octanol–water partition coefficient (Wildman–Crippen LogP) is 2.67. The van der Waals surface area contributed by atoms with Gasteiger partial charge in [-0.25, -0.2) is 0 Å². The molecule has 0 unspecified atom stereocenters. The molecule has 0 radical (unpaired) electrons. The summed E-state index contributed by atoms with van der Waals surface area (Å²) < 4.78 is 0. The highest BCUT2D eigenvalue weighted by molar-refractivity contribution is 5.60. The standard InChI is InChI=1S/C12H18N2/c1-8(2)4-5-10-6-11(13)7-12(14)9(10)3/h4,6-7H,5,13-14H2,1-3H3. The van der Waals surface area contributed by atoms with Gasteiger partial charge in [0.05, 0.1) is 0 Å². The molecule has 0 saturated heterocycles. The van der Waals surface area contributed by atoms with Crippen LogP contribution in [-0.2, 0) is 6.42 Å². The molecule has 0 aliphatic carbocycles. The fourth-order valence-corrected chi connectivity index (χ4v) is 1.35. The monoisotopic (exact) mass is 190 g/mol. The van der Waals surface area contributed by atoms with E-state index < -0.39 is 0 Å². The zero-order valence-corrected chi connectivity index (χ0v) is 9.09. The molecule has 0 aliphatic heterocycles. The Morgan fingerprint density at radius 1 is 1.29 bits per heavy atom. The first kappa shape index (κ1) is 10.6. The molecule has 0 spiro atoms. The second-order valence-corrected chi connectivity index (χ2v) is 3.88. The maximum absolute atomic E-state index is 5.83. The molecule has 1 aromatic carbocycles. The van der Waals surface area contributed by atoms with Gasteiger partial charge in [-0.15, -0.1) is 0 Å². The van der Waals surface area contributed by atoms with E-state index in [-0.39, 0.29) is 0 Å². The molecule has 0 atom stereocenters. The van der Waals surface area contributed by atoms with Crippen LogP contribution in [0.25, 0.3) is 0 Å². The van der Waals surface area contributed by atoms with Crippen molar-refractivity contribution in [1.29, 1.82) is 0 Å². The summed E-state index contributed by atoms with van der Waals surface area (Å²) in [6, 6.07) is 3.80. The van der Waals surface area contributed by atoms with Gasteiger partial charge in [-0.3, -0.25) is 0 Å². The van der Waals surface area contributed by atoms with Crippen LogP contribution < -0.4 is 11.5 Å². The second kappa shape index (κ2) is 4.18. The maximum atomic E-state index is 5.83. The van der Waals surface area contributed by atoms with Crippen molar-refractivity contribution in [2.45, 2.75) is 27.2 Å². The van der Waals surface area contributed by atoms with Gasteiger partial charge in [-0.1, -0.05) is 11.6 Å². The SMILES string of the molecule is CC(C)=CCc1cc(N)cc(N)c1C. The van der Waals surface area contributed by atoms with Gasteiger partial charge in [-0.2, -0.15) is 0 Å². The Hall–Kier alpha value is -1.44. The molecule has 2 nitrogen and oxygen atoms in total. The van der Waals surface area contributed by atoms with Crippen molar-refractivity contribution in [3.8, 4) is 0 Å². The van der Waals surface area contributed by atoms with Crippen molar-refractivity contribution in [1.82, 2.24) is 0 Å². The molecule has 0 aliphatic rings. The lowest BCUT2D eigenvalue weighted by atomic mass is 10.0. The molecular formula is C12H18N2. The first-order valence-corrected chi connectivity index (χ1v) is 4.78. The van der Waals surface area contributed by atoms with Crippen molar-refractivity contribution >= 4 is 11.4 Å².